The zero-order valence-electron chi connectivity index (χ0n) is 15.3. The van der Waals surface area contributed by atoms with Gasteiger partial charge in [-0.05, 0) is 18.6 Å². The van der Waals surface area contributed by atoms with Crippen molar-refractivity contribution < 1.29 is 18.0 Å². The summed E-state index contributed by atoms with van der Waals surface area (Å²) in [6, 6.07) is 9.38. The van der Waals surface area contributed by atoms with E-state index in [0.717, 1.165) is 5.69 Å². The van der Waals surface area contributed by atoms with Gasteiger partial charge in [-0.25, -0.2) is 13.4 Å². The van der Waals surface area contributed by atoms with Crippen molar-refractivity contribution in [2.75, 3.05) is 36.5 Å². The summed E-state index contributed by atoms with van der Waals surface area (Å²) in [6.45, 7) is 1.07. The zero-order chi connectivity index (χ0) is 19.4. The van der Waals surface area contributed by atoms with Crippen molar-refractivity contribution >= 4 is 33.1 Å². The first-order valence-corrected chi connectivity index (χ1v) is 10.8. The van der Waals surface area contributed by atoms with Crippen molar-refractivity contribution in [1.29, 1.82) is 0 Å². The quantitative estimate of drug-likeness (QED) is 0.756. The number of nitrogens with one attached hydrogen (secondary N) is 1. The normalized spacial score (nSPS) is 21.7. The summed E-state index contributed by atoms with van der Waals surface area (Å²) in [6.07, 6.45) is 0.816. The topological polar surface area (TPSA) is 99.2 Å². The summed E-state index contributed by atoms with van der Waals surface area (Å²) >= 11 is 0. The van der Waals surface area contributed by atoms with Crippen molar-refractivity contribution in [3.05, 3.63) is 30.3 Å². The second-order valence-electron chi connectivity index (χ2n) is 6.85. The molecule has 1 saturated heterocycles. The van der Waals surface area contributed by atoms with E-state index in [1.165, 1.54) is 5.01 Å². The Balaban J connectivity index is 1.56. The van der Waals surface area contributed by atoms with Crippen LogP contribution in [-0.2, 0) is 19.4 Å². The molecule has 1 aromatic rings. The molecule has 0 aliphatic carbocycles. The van der Waals surface area contributed by atoms with Crippen LogP contribution in [0.2, 0.25) is 0 Å². The summed E-state index contributed by atoms with van der Waals surface area (Å²) in [5.74, 6) is -0.559. The number of benzene rings is 1. The zero-order valence-corrected chi connectivity index (χ0v) is 16.1. The molecule has 1 aromatic carbocycles. The highest BCUT2D eigenvalue weighted by molar-refractivity contribution is 7.91. The SMILES string of the molecule is CN(CCNC(=O)C1=NN(C2CCS(=O)(=O)C2)C(=O)CC1)c1ccccc1. The Kier molecular flexibility index (Phi) is 5.79. The van der Waals surface area contributed by atoms with Crippen LogP contribution >= 0.6 is 0 Å². The molecule has 146 valence electrons. The number of rotatable bonds is 6. The number of hydrogen-bond acceptors (Lipinski definition) is 6. The highest BCUT2D eigenvalue weighted by Gasteiger charge is 2.37. The average molecular weight is 392 g/mol. The second kappa shape index (κ2) is 8.08. The Labute approximate surface area is 159 Å². The van der Waals surface area contributed by atoms with E-state index in [0.29, 0.717) is 19.5 Å². The lowest BCUT2D eigenvalue weighted by atomic mass is 10.1. The smallest absolute Gasteiger partial charge is 0.267 e. The number of nitrogens with zero attached hydrogens (tertiary/aromatic N) is 3. The number of carbonyl (C=O) groups excluding carboxylic acids is 2. The van der Waals surface area contributed by atoms with Crippen LogP contribution in [-0.4, -0.2) is 68.6 Å². The summed E-state index contributed by atoms with van der Waals surface area (Å²) in [7, 11) is -1.18. The maximum atomic E-state index is 12.4. The van der Waals surface area contributed by atoms with Gasteiger partial charge in [-0.3, -0.25) is 9.59 Å². The lowest BCUT2D eigenvalue weighted by Gasteiger charge is -2.27. The molecule has 2 aliphatic rings. The molecule has 0 saturated carbocycles. The van der Waals surface area contributed by atoms with Gasteiger partial charge in [-0.2, -0.15) is 5.10 Å². The summed E-state index contributed by atoms with van der Waals surface area (Å²) in [5.41, 5.74) is 1.34. The van der Waals surface area contributed by atoms with Crippen LogP contribution in [0.25, 0.3) is 0 Å². The molecule has 1 atom stereocenters. The number of hydrazone groups is 1. The molecule has 0 radical (unpaired) electrons. The van der Waals surface area contributed by atoms with Gasteiger partial charge in [0, 0.05) is 38.7 Å². The van der Waals surface area contributed by atoms with Crippen LogP contribution in [0.15, 0.2) is 35.4 Å². The molecule has 1 N–H and O–H groups in total. The van der Waals surface area contributed by atoms with Crippen LogP contribution in [0.3, 0.4) is 0 Å². The van der Waals surface area contributed by atoms with Gasteiger partial charge < -0.3 is 10.2 Å². The van der Waals surface area contributed by atoms with Gasteiger partial charge in [0.2, 0.25) is 5.91 Å². The van der Waals surface area contributed by atoms with Gasteiger partial charge in [-0.15, -0.1) is 0 Å². The molecule has 2 amide bonds. The second-order valence-corrected chi connectivity index (χ2v) is 9.08. The molecule has 9 heteroatoms. The van der Waals surface area contributed by atoms with E-state index in [2.05, 4.69) is 10.4 Å². The predicted molar refractivity (Wildman–Crippen MR) is 103 cm³/mol. The van der Waals surface area contributed by atoms with E-state index < -0.39 is 15.9 Å². The molecular formula is C18H24N4O4S. The number of anilines is 1. The standard InChI is InChI=1S/C18H24N4O4S/c1-21(14-5-3-2-4-6-14)11-10-19-18(24)16-7-8-17(23)22(20-16)15-9-12-27(25,26)13-15/h2-6,15H,7-13H2,1H3,(H,19,24). The molecule has 3 rings (SSSR count). The minimum Gasteiger partial charge on any atom is -0.373 e. The Morgan fingerprint density at radius 1 is 1.30 bits per heavy atom. The summed E-state index contributed by atoms with van der Waals surface area (Å²) in [4.78, 5) is 26.5. The van der Waals surface area contributed by atoms with Crippen molar-refractivity contribution in [3.63, 3.8) is 0 Å². The third-order valence-electron chi connectivity index (χ3n) is 4.81. The van der Waals surface area contributed by atoms with E-state index in [9.17, 15) is 18.0 Å². The number of likely N-dealkylation sites (N-methyl/N-ethyl adjacent to an activating group) is 1. The maximum Gasteiger partial charge on any atom is 0.267 e. The van der Waals surface area contributed by atoms with Gasteiger partial charge in [-0.1, -0.05) is 18.2 Å². The minimum atomic E-state index is -3.13. The van der Waals surface area contributed by atoms with E-state index in [-0.39, 0.29) is 41.9 Å². The highest BCUT2D eigenvalue weighted by atomic mass is 32.2. The maximum absolute atomic E-state index is 12.4. The molecule has 0 aromatic heterocycles. The highest BCUT2D eigenvalue weighted by Crippen LogP contribution is 2.22. The molecule has 0 bridgehead atoms. The third-order valence-corrected chi connectivity index (χ3v) is 6.56. The minimum absolute atomic E-state index is 0.0598. The fraction of sp³-hybridized carbons (Fsp3) is 0.500. The number of para-hydroxylation sites is 1. The van der Waals surface area contributed by atoms with Crippen LogP contribution < -0.4 is 10.2 Å². The summed E-state index contributed by atoms with van der Waals surface area (Å²) in [5, 5.41) is 8.21. The fourth-order valence-electron chi connectivity index (χ4n) is 3.24. The van der Waals surface area contributed by atoms with Gasteiger partial charge in [0.05, 0.1) is 17.5 Å². The van der Waals surface area contributed by atoms with E-state index in [4.69, 9.17) is 0 Å². The molecule has 0 spiro atoms. The lowest BCUT2D eigenvalue weighted by Crippen LogP contribution is -2.44. The third kappa shape index (κ3) is 4.85. The number of sulfone groups is 1. The predicted octanol–water partition coefficient (Wildman–Crippen LogP) is 0.405. The number of hydrogen-bond donors (Lipinski definition) is 1. The Morgan fingerprint density at radius 2 is 2.04 bits per heavy atom. The van der Waals surface area contributed by atoms with Crippen LogP contribution in [0.1, 0.15) is 19.3 Å². The van der Waals surface area contributed by atoms with Crippen molar-refractivity contribution in [2.45, 2.75) is 25.3 Å². The average Bonchev–Trinajstić information content (AvgIpc) is 3.02. The van der Waals surface area contributed by atoms with Gasteiger partial charge in [0.1, 0.15) is 5.71 Å². The van der Waals surface area contributed by atoms with Crippen LogP contribution in [0, 0.1) is 0 Å². The molecule has 2 heterocycles. The molecule has 8 nitrogen and oxygen atoms in total. The van der Waals surface area contributed by atoms with Crippen LogP contribution in [0.5, 0.6) is 0 Å². The first-order valence-electron chi connectivity index (χ1n) is 9.00. The Bertz CT molecular complexity index is 838. The number of carbonyl (C=O) groups is 2. The van der Waals surface area contributed by atoms with Gasteiger partial charge >= 0.3 is 0 Å². The first kappa shape index (κ1) is 19.3. The number of amides is 2. The molecule has 27 heavy (non-hydrogen) atoms. The first-order chi connectivity index (χ1) is 12.9. The molecule has 1 unspecified atom stereocenters. The largest absolute Gasteiger partial charge is 0.373 e. The van der Waals surface area contributed by atoms with Crippen molar-refractivity contribution in [1.82, 2.24) is 10.3 Å². The monoisotopic (exact) mass is 392 g/mol. The summed E-state index contributed by atoms with van der Waals surface area (Å²) < 4.78 is 23.3. The fourth-order valence-corrected chi connectivity index (χ4v) is 4.93. The van der Waals surface area contributed by atoms with Gasteiger partial charge in [0.25, 0.3) is 5.91 Å². The molecule has 2 aliphatic heterocycles. The van der Waals surface area contributed by atoms with Crippen molar-refractivity contribution in [2.24, 2.45) is 5.10 Å². The molecular weight excluding hydrogens is 368 g/mol. The van der Waals surface area contributed by atoms with E-state index >= 15 is 0 Å². The van der Waals surface area contributed by atoms with E-state index in [1.54, 1.807) is 0 Å². The Morgan fingerprint density at radius 3 is 2.70 bits per heavy atom. The Hall–Kier alpha value is -2.42. The van der Waals surface area contributed by atoms with Gasteiger partial charge in [0.15, 0.2) is 9.84 Å². The van der Waals surface area contributed by atoms with Crippen LogP contribution in [0.4, 0.5) is 5.69 Å². The van der Waals surface area contributed by atoms with Crippen molar-refractivity contribution in [3.8, 4) is 0 Å². The lowest BCUT2D eigenvalue weighted by molar-refractivity contribution is -0.133. The van der Waals surface area contributed by atoms with E-state index in [1.807, 2.05) is 42.3 Å². The molecule has 1 fully saturated rings.